The van der Waals surface area contributed by atoms with Gasteiger partial charge in [0.15, 0.2) is 0 Å². The van der Waals surface area contributed by atoms with Crippen molar-refractivity contribution in [3.05, 3.63) is 29.8 Å². The summed E-state index contributed by atoms with van der Waals surface area (Å²) >= 11 is 1.70. The number of benzene rings is 1. The maximum Gasteiger partial charge on any atom is 0.235 e. The van der Waals surface area contributed by atoms with Crippen molar-refractivity contribution in [3.63, 3.8) is 0 Å². The topological polar surface area (TPSA) is 49.4 Å². The molecule has 2 aliphatic heterocycles. The molecule has 0 saturated carbocycles. The van der Waals surface area contributed by atoms with Gasteiger partial charge in [0.2, 0.25) is 11.8 Å². The van der Waals surface area contributed by atoms with Crippen LogP contribution in [-0.2, 0) is 15.0 Å². The van der Waals surface area contributed by atoms with Crippen molar-refractivity contribution < 1.29 is 9.59 Å². The van der Waals surface area contributed by atoms with Crippen molar-refractivity contribution in [2.75, 3.05) is 29.9 Å². The van der Waals surface area contributed by atoms with E-state index >= 15 is 0 Å². The number of hydrogen-bond donors (Lipinski definition) is 1. The molecule has 1 spiro atoms. The molecular formula is C17H22N2O2S. The third-order valence-electron chi connectivity index (χ3n) is 4.67. The van der Waals surface area contributed by atoms with Gasteiger partial charge in [-0.3, -0.25) is 9.59 Å². The maximum atomic E-state index is 12.5. The van der Waals surface area contributed by atoms with Crippen molar-refractivity contribution in [2.24, 2.45) is 0 Å². The summed E-state index contributed by atoms with van der Waals surface area (Å²) in [6, 6.07) is 7.93. The molecule has 2 aliphatic rings. The van der Waals surface area contributed by atoms with Crippen molar-refractivity contribution in [2.45, 2.75) is 31.6 Å². The molecule has 0 atom stereocenters. The summed E-state index contributed by atoms with van der Waals surface area (Å²) in [6.07, 6.45) is 2.54. The van der Waals surface area contributed by atoms with Crippen LogP contribution in [0, 0.1) is 0 Å². The van der Waals surface area contributed by atoms with Gasteiger partial charge in [-0.2, -0.15) is 11.8 Å². The Balaban J connectivity index is 1.67. The summed E-state index contributed by atoms with van der Waals surface area (Å²) in [7, 11) is 0. The number of thioether (sulfide) groups is 1. The molecule has 0 aliphatic carbocycles. The minimum atomic E-state index is -0.427. The van der Waals surface area contributed by atoms with Crippen molar-refractivity contribution in [3.8, 4) is 0 Å². The molecule has 2 heterocycles. The highest BCUT2D eigenvalue weighted by molar-refractivity contribution is 7.99. The van der Waals surface area contributed by atoms with E-state index in [-0.39, 0.29) is 11.8 Å². The summed E-state index contributed by atoms with van der Waals surface area (Å²) < 4.78 is 0. The van der Waals surface area contributed by atoms with Crippen LogP contribution in [0.3, 0.4) is 0 Å². The lowest BCUT2D eigenvalue weighted by molar-refractivity contribution is -0.132. The second-order valence-corrected chi connectivity index (χ2v) is 7.12. The molecule has 118 valence electrons. The maximum absolute atomic E-state index is 12.5. The first-order valence-corrected chi connectivity index (χ1v) is 9.09. The predicted molar refractivity (Wildman–Crippen MR) is 90.2 cm³/mol. The van der Waals surface area contributed by atoms with E-state index in [9.17, 15) is 9.59 Å². The Bertz CT molecular complexity index is 580. The minimum absolute atomic E-state index is 0.0983. The molecule has 2 amide bonds. The van der Waals surface area contributed by atoms with Gasteiger partial charge in [0.1, 0.15) is 0 Å². The number of para-hydroxylation sites is 1. The van der Waals surface area contributed by atoms with Crippen molar-refractivity contribution >= 4 is 29.3 Å². The lowest BCUT2D eigenvalue weighted by Gasteiger charge is -2.38. The molecule has 1 saturated heterocycles. The summed E-state index contributed by atoms with van der Waals surface area (Å²) in [5.74, 6) is 1.89. The van der Waals surface area contributed by atoms with Gasteiger partial charge < -0.3 is 10.2 Å². The molecule has 0 aromatic heterocycles. The van der Waals surface area contributed by atoms with Crippen LogP contribution in [0.5, 0.6) is 0 Å². The fourth-order valence-corrected chi connectivity index (χ4v) is 4.19. The number of anilines is 1. The number of carbonyl (C=O) groups is 2. The molecule has 1 aromatic carbocycles. The number of amides is 2. The zero-order valence-corrected chi connectivity index (χ0v) is 13.7. The summed E-state index contributed by atoms with van der Waals surface area (Å²) in [5, 5.41) is 3.00. The number of fused-ring (bicyclic) bond motifs is 2. The van der Waals surface area contributed by atoms with E-state index in [1.807, 2.05) is 29.2 Å². The highest BCUT2D eigenvalue weighted by Crippen LogP contribution is 2.44. The predicted octanol–water partition coefficient (Wildman–Crippen LogP) is 2.64. The van der Waals surface area contributed by atoms with Crippen LogP contribution in [0.4, 0.5) is 5.69 Å². The van der Waals surface area contributed by atoms with E-state index in [1.54, 1.807) is 11.8 Å². The second-order valence-electron chi connectivity index (χ2n) is 6.02. The molecule has 1 N–H and O–H groups in total. The molecule has 5 heteroatoms. The fraction of sp³-hybridized carbons (Fsp3) is 0.529. The smallest absolute Gasteiger partial charge is 0.235 e. The monoisotopic (exact) mass is 318 g/mol. The van der Waals surface area contributed by atoms with Crippen LogP contribution in [-0.4, -0.2) is 41.3 Å². The average molecular weight is 318 g/mol. The van der Waals surface area contributed by atoms with Gasteiger partial charge in [-0.1, -0.05) is 25.1 Å². The van der Waals surface area contributed by atoms with Gasteiger partial charge in [0, 0.05) is 18.8 Å². The first kappa shape index (κ1) is 15.4. The lowest BCUT2D eigenvalue weighted by atomic mass is 9.73. The molecule has 3 rings (SSSR count). The van der Waals surface area contributed by atoms with Gasteiger partial charge in [-0.15, -0.1) is 0 Å². The van der Waals surface area contributed by atoms with Crippen molar-refractivity contribution in [1.29, 1.82) is 0 Å². The van der Waals surface area contributed by atoms with E-state index in [2.05, 4.69) is 12.2 Å². The van der Waals surface area contributed by atoms with E-state index in [0.717, 1.165) is 36.3 Å². The van der Waals surface area contributed by atoms with Gasteiger partial charge in [0.25, 0.3) is 0 Å². The number of hydrogen-bond acceptors (Lipinski definition) is 3. The van der Waals surface area contributed by atoms with Crippen molar-refractivity contribution in [1.82, 2.24) is 4.90 Å². The highest BCUT2D eigenvalue weighted by Gasteiger charge is 2.48. The van der Waals surface area contributed by atoms with E-state index in [4.69, 9.17) is 0 Å². The number of piperidine rings is 1. The summed E-state index contributed by atoms with van der Waals surface area (Å²) in [5.41, 5.74) is 1.61. The standard InChI is InChI=1S/C17H22N2O2S/c1-2-11-22-12-15(20)19-9-7-17(8-10-19)13-5-3-4-6-14(13)18-16(17)21/h3-6H,2,7-12H2,1H3,(H,18,21). The number of nitrogens with zero attached hydrogens (tertiary/aromatic N) is 1. The largest absolute Gasteiger partial charge is 0.342 e. The molecule has 0 radical (unpaired) electrons. The third-order valence-corrected chi connectivity index (χ3v) is 5.82. The van der Waals surface area contributed by atoms with Gasteiger partial charge >= 0.3 is 0 Å². The molecule has 22 heavy (non-hydrogen) atoms. The van der Waals surface area contributed by atoms with Crippen LogP contribution in [0.15, 0.2) is 24.3 Å². The van der Waals surface area contributed by atoms with Crippen LogP contribution in [0.1, 0.15) is 31.7 Å². The number of likely N-dealkylation sites (tertiary alicyclic amines) is 1. The van der Waals surface area contributed by atoms with Crippen LogP contribution >= 0.6 is 11.8 Å². The average Bonchev–Trinajstić information content (AvgIpc) is 2.81. The van der Waals surface area contributed by atoms with E-state index in [1.165, 1.54) is 0 Å². The molecule has 4 nitrogen and oxygen atoms in total. The zero-order chi connectivity index (χ0) is 15.6. The zero-order valence-electron chi connectivity index (χ0n) is 12.9. The summed E-state index contributed by atoms with van der Waals surface area (Å²) in [6.45, 7) is 3.47. The van der Waals surface area contributed by atoms with Gasteiger partial charge in [-0.05, 0) is 36.6 Å². The lowest BCUT2D eigenvalue weighted by Crippen LogP contribution is -2.48. The van der Waals surface area contributed by atoms with E-state index in [0.29, 0.717) is 18.8 Å². The van der Waals surface area contributed by atoms with Gasteiger partial charge in [0.05, 0.1) is 11.2 Å². The molecule has 1 aromatic rings. The van der Waals surface area contributed by atoms with Crippen LogP contribution < -0.4 is 5.32 Å². The van der Waals surface area contributed by atoms with E-state index < -0.39 is 5.41 Å². The Morgan fingerprint density at radius 1 is 1.32 bits per heavy atom. The first-order chi connectivity index (χ1) is 10.7. The Hall–Kier alpha value is -1.49. The Morgan fingerprint density at radius 3 is 2.77 bits per heavy atom. The Labute approximate surface area is 135 Å². The third kappa shape index (κ3) is 2.62. The van der Waals surface area contributed by atoms with Gasteiger partial charge in [-0.25, -0.2) is 0 Å². The SMILES string of the molecule is CCCSCC(=O)N1CCC2(CC1)C(=O)Nc1ccccc12. The summed E-state index contributed by atoms with van der Waals surface area (Å²) in [4.78, 5) is 26.6. The number of rotatable bonds is 4. The minimum Gasteiger partial charge on any atom is -0.342 e. The van der Waals surface area contributed by atoms with Crippen LogP contribution in [0.2, 0.25) is 0 Å². The number of carbonyl (C=O) groups excluding carboxylic acids is 2. The molecular weight excluding hydrogens is 296 g/mol. The fourth-order valence-electron chi connectivity index (χ4n) is 3.40. The number of nitrogens with one attached hydrogen (secondary N) is 1. The molecule has 0 unspecified atom stereocenters. The molecule has 1 fully saturated rings. The first-order valence-electron chi connectivity index (χ1n) is 7.94. The normalized spacial score (nSPS) is 19.1. The Kier molecular flexibility index (Phi) is 4.43. The quantitative estimate of drug-likeness (QED) is 0.868. The van der Waals surface area contributed by atoms with Crippen LogP contribution in [0.25, 0.3) is 0 Å². The Morgan fingerprint density at radius 2 is 2.05 bits per heavy atom. The molecule has 0 bridgehead atoms. The second kappa shape index (κ2) is 6.32. The highest BCUT2D eigenvalue weighted by atomic mass is 32.2.